The lowest BCUT2D eigenvalue weighted by molar-refractivity contribution is -0.164. The molecule has 0 amide bonds. The van der Waals surface area contributed by atoms with Crippen LogP contribution in [0.4, 0.5) is 0 Å². The molecule has 3 saturated carbocycles. The zero-order valence-corrected chi connectivity index (χ0v) is 21.5. The minimum Gasteiger partial charge on any atom is -0.469 e. The van der Waals surface area contributed by atoms with E-state index in [4.69, 9.17) is 4.74 Å². The number of aliphatic hydroxyl groups excluding tert-OH is 1. The van der Waals surface area contributed by atoms with Crippen molar-refractivity contribution in [2.24, 2.45) is 52.3 Å². The first-order valence-electron chi connectivity index (χ1n) is 13.6. The van der Waals surface area contributed by atoms with Gasteiger partial charge in [-0.15, -0.1) is 0 Å². The number of rotatable bonds is 6. The van der Waals surface area contributed by atoms with Crippen LogP contribution < -0.4 is 0 Å². The van der Waals surface area contributed by atoms with Crippen LogP contribution in [0.1, 0.15) is 98.8 Å². The lowest BCUT2D eigenvalue weighted by Crippen LogP contribution is -2.55. The van der Waals surface area contributed by atoms with Gasteiger partial charge in [0.25, 0.3) is 0 Å². The molecule has 3 heteroatoms. The maximum Gasteiger partial charge on any atom is 0.311 e. The third-order valence-corrected chi connectivity index (χ3v) is 10.9. The standard InChI is InChI=1S/C29H48O3/c1-18(2)8-7-9-19(3)21-12-13-22-20-10-11-24-26(27(31)32-6)25(30)15-17-29(24,5)23(20)14-16-28(21,22)4/h10,18-19,21-26,30H,7-9,11-17H2,1-6H3/t19-,21-,22+,23+,24-,25+,26+,28-,29-/m1/s1. The van der Waals surface area contributed by atoms with Gasteiger partial charge in [0.1, 0.15) is 0 Å². The van der Waals surface area contributed by atoms with Crippen molar-refractivity contribution in [2.45, 2.75) is 105 Å². The van der Waals surface area contributed by atoms with Crippen LogP contribution >= 0.6 is 0 Å². The van der Waals surface area contributed by atoms with E-state index in [2.05, 4.69) is 40.7 Å². The van der Waals surface area contributed by atoms with E-state index in [0.29, 0.717) is 11.3 Å². The maximum atomic E-state index is 12.6. The molecule has 0 aromatic carbocycles. The molecule has 0 radical (unpaired) electrons. The summed E-state index contributed by atoms with van der Waals surface area (Å²) in [6.45, 7) is 12.3. The topological polar surface area (TPSA) is 46.5 Å². The van der Waals surface area contributed by atoms with Gasteiger partial charge in [-0.05, 0) is 91.3 Å². The second-order valence-corrected chi connectivity index (χ2v) is 12.8. The van der Waals surface area contributed by atoms with E-state index in [-0.39, 0.29) is 23.2 Å². The first kappa shape index (κ1) is 24.3. The van der Waals surface area contributed by atoms with E-state index >= 15 is 0 Å². The molecule has 4 rings (SSSR count). The van der Waals surface area contributed by atoms with E-state index in [1.807, 2.05) is 0 Å². The second kappa shape index (κ2) is 9.08. The summed E-state index contributed by atoms with van der Waals surface area (Å²) < 4.78 is 5.14. The molecule has 4 aliphatic rings. The molecule has 3 nitrogen and oxygen atoms in total. The highest BCUT2D eigenvalue weighted by molar-refractivity contribution is 5.74. The quantitative estimate of drug-likeness (QED) is 0.362. The third-order valence-electron chi connectivity index (χ3n) is 10.9. The van der Waals surface area contributed by atoms with E-state index in [1.54, 1.807) is 5.57 Å². The largest absolute Gasteiger partial charge is 0.469 e. The fraction of sp³-hybridized carbons (Fsp3) is 0.897. The van der Waals surface area contributed by atoms with Crippen LogP contribution in [0.2, 0.25) is 0 Å². The zero-order valence-electron chi connectivity index (χ0n) is 21.5. The van der Waals surface area contributed by atoms with Gasteiger partial charge in [-0.1, -0.05) is 65.5 Å². The minimum atomic E-state index is -0.549. The molecule has 0 unspecified atom stereocenters. The van der Waals surface area contributed by atoms with Crippen LogP contribution in [-0.4, -0.2) is 24.3 Å². The number of aliphatic hydroxyl groups is 1. The van der Waals surface area contributed by atoms with Gasteiger partial charge in [0.15, 0.2) is 0 Å². The number of esters is 1. The van der Waals surface area contributed by atoms with Crippen molar-refractivity contribution in [1.82, 2.24) is 0 Å². The minimum absolute atomic E-state index is 0.116. The summed E-state index contributed by atoms with van der Waals surface area (Å²) in [5.74, 6) is 3.43. The van der Waals surface area contributed by atoms with E-state index in [0.717, 1.165) is 42.9 Å². The number of fused-ring (bicyclic) bond motifs is 5. The highest BCUT2D eigenvalue weighted by Gasteiger charge is 2.60. The predicted octanol–water partition coefficient (Wildman–Crippen LogP) is 6.79. The molecule has 0 aliphatic heterocycles. The van der Waals surface area contributed by atoms with Crippen molar-refractivity contribution in [1.29, 1.82) is 0 Å². The Morgan fingerprint density at radius 1 is 1.06 bits per heavy atom. The van der Waals surface area contributed by atoms with Gasteiger partial charge in [-0.2, -0.15) is 0 Å². The molecule has 0 bridgehead atoms. The first-order chi connectivity index (χ1) is 15.1. The fourth-order valence-electron chi connectivity index (χ4n) is 9.09. The van der Waals surface area contributed by atoms with Crippen LogP contribution in [-0.2, 0) is 9.53 Å². The average Bonchev–Trinajstić information content (AvgIpc) is 3.10. The van der Waals surface area contributed by atoms with Gasteiger partial charge in [0.2, 0.25) is 0 Å². The fourth-order valence-corrected chi connectivity index (χ4v) is 9.09. The molecular weight excluding hydrogens is 396 g/mol. The Morgan fingerprint density at radius 3 is 2.44 bits per heavy atom. The molecule has 182 valence electrons. The molecule has 1 N–H and O–H groups in total. The number of carbonyl (C=O) groups excluding carboxylic acids is 1. The van der Waals surface area contributed by atoms with Crippen molar-refractivity contribution in [3.63, 3.8) is 0 Å². The third kappa shape index (κ3) is 3.89. The summed E-state index contributed by atoms with van der Waals surface area (Å²) in [7, 11) is 1.47. The Hall–Kier alpha value is -0.830. The normalized spacial score (nSPS) is 44.3. The molecule has 0 aromatic heterocycles. The summed E-state index contributed by atoms with van der Waals surface area (Å²) in [5.41, 5.74) is 2.29. The molecule has 0 heterocycles. The van der Waals surface area contributed by atoms with Gasteiger partial charge in [-0.25, -0.2) is 0 Å². The molecule has 0 saturated heterocycles. The van der Waals surface area contributed by atoms with E-state index in [1.165, 1.54) is 52.1 Å². The van der Waals surface area contributed by atoms with Crippen LogP contribution in [0.25, 0.3) is 0 Å². The Labute approximate surface area is 196 Å². The van der Waals surface area contributed by atoms with E-state index < -0.39 is 6.10 Å². The summed E-state index contributed by atoms with van der Waals surface area (Å²) in [6.07, 6.45) is 14.1. The molecule has 9 atom stereocenters. The van der Waals surface area contributed by atoms with Crippen LogP contribution in [0.5, 0.6) is 0 Å². The summed E-state index contributed by atoms with van der Waals surface area (Å²) in [4.78, 5) is 12.6. The van der Waals surface area contributed by atoms with Gasteiger partial charge < -0.3 is 9.84 Å². The molecule has 0 spiro atoms. The smallest absolute Gasteiger partial charge is 0.311 e. The number of hydrogen-bond acceptors (Lipinski definition) is 3. The van der Waals surface area contributed by atoms with Gasteiger partial charge in [-0.3, -0.25) is 4.79 Å². The SMILES string of the molecule is COC(=O)[C@H]1[C@H]2CC=C3[C@H](CC[C@]4(C)[C@@H]([C@H](C)CCCC(C)C)CC[C@@H]34)[C@@]2(C)CC[C@@H]1O. The molecule has 32 heavy (non-hydrogen) atoms. The Balaban J connectivity index is 1.55. The van der Waals surface area contributed by atoms with Gasteiger partial charge in [0, 0.05) is 0 Å². The zero-order chi connectivity index (χ0) is 23.3. The van der Waals surface area contributed by atoms with Crippen LogP contribution in [0, 0.1) is 52.3 Å². The molecule has 3 fully saturated rings. The highest BCUT2D eigenvalue weighted by Crippen LogP contribution is 2.67. The van der Waals surface area contributed by atoms with Crippen molar-refractivity contribution in [3.05, 3.63) is 11.6 Å². The number of methoxy groups -OCH3 is 1. The molecule has 4 aliphatic carbocycles. The number of carbonyl (C=O) groups is 1. The lowest BCUT2D eigenvalue weighted by atomic mass is 9.46. The number of hydrogen-bond donors (Lipinski definition) is 1. The van der Waals surface area contributed by atoms with Crippen LogP contribution in [0.3, 0.4) is 0 Å². The lowest BCUT2D eigenvalue weighted by Gasteiger charge is -2.59. The Bertz CT molecular complexity index is 726. The van der Waals surface area contributed by atoms with Crippen molar-refractivity contribution in [2.75, 3.05) is 7.11 Å². The first-order valence-corrected chi connectivity index (χ1v) is 13.6. The van der Waals surface area contributed by atoms with Crippen molar-refractivity contribution < 1.29 is 14.6 Å². The average molecular weight is 445 g/mol. The van der Waals surface area contributed by atoms with Crippen LogP contribution in [0.15, 0.2) is 11.6 Å². The summed E-state index contributed by atoms with van der Waals surface area (Å²) >= 11 is 0. The number of ether oxygens (including phenoxy) is 1. The molecule has 0 aromatic rings. The highest BCUT2D eigenvalue weighted by atomic mass is 16.5. The van der Waals surface area contributed by atoms with Crippen molar-refractivity contribution >= 4 is 5.97 Å². The summed E-state index contributed by atoms with van der Waals surface area (Å²) in [5, 5.41) is 10.7. The number of allylic oxidation sites excluding steroid dienone is 2. The second-order valence-electron chi connectivity index (χ2n) is 12.8. The predicted molar refractivity (Wildman–Crippen MR) is 130 cm³/mol. The summed E-state index contributed by atoms with van der Waals surface area (Å²) in [6, 6.07) is 0. The Morgan fingerprint density at radius 2 is 1.75 bits per heavy atom. The van der Waals surface area contributed by atoms with E-state index in [9.17, 15) is 9.90 Å². The Kier molecular flexibility index (Phi) is 6.90. The molecular formula is C29H48O3. The van der Waals surface area contributed by atoms with Gasteiger partial charge in [0.05, 0.1) is 19.1 Å². The monoisotopic (exact) mass is 444 g/mol. The maximum absolute atomic E-state index is 12.6. The van der Waals surface area contributed by atoms with Gasteiger partial charge >= 0.3 is 5.97 Å². The van der Waals surface area contributed by atoms with Crippen molar-refractivity contribution in [3.8, 4) is 0 Å².